The number of rotatable bonds is 7. The zero-order valence-electron chi connectivity index (χ0n) is 15.8. The lowest BCUT2D eigenvalue weighted by Gasteiger charge is -2.08. The Balaban J connectivity index is 0.000000718. The molecule has 0 amide bonds. The molecule has 146 valence electrons. The van der Waals surface area contributed by atoms with Gasteiger partial charge in [0.05, 0.1) is 6.26 Å². The van der Waals surface area contributed by atoms with Crippen molar-refractivity contribution >= 4 is 12.6 Å². The Labute approximate surface area is 161 Å². The van der Waals surface area contributed by atoms with Gasteiger partial charge in [-0.25, -0.2) is 0 Å². The molecule has 0 saturated carbocycles. The Morgan fingerprint density at radius 3 is 1.93 bits per heavy atom. The number of aldehydes is 2. The van der Waals surface area contributed by atoms with Crippen LogP contribution in [0.3, 0.4) is 0 Å². The molecular formula is C22H30N2O3. The van der Waals surface area contributed by atoms with Crippen molar-refractivity contribution < 1.29 is 14.7 Å². The molecule has 1 unspecified atom stereocenters. The number of aliphatic hydroxyl groups excluding tert-OH is 1. The first-order chi connectivity index (χ1) is 13.2. The normalized spacial score (nSPS) is 10.7. The van der Waals surface area contributed by atoms with Gasteiger partial charge in [-0.05, 0) is 36.0 Å². The molecule has 0 aromatic heterocycles. The molecule has 2 aromatic carbocycles. The van der Waals surface area contributed by atoms with E-state index in [1.165, 1.54) is 16.7 Å². The third-order valence-corrected chi connectivity index (χ3v) is 3.76. The summed E-state index contributed by atoms with van der Waals surface area (Å²) < 4.78 is 0. The highest BCUT2D eigenvalue weighted by Crippen LogP contribution is 2.20. The SMILES string of the molecule is CCC(C=O)CCc1ccc(-c2ccccc2)cc1.N/C=C/O.NCC=O. The second-order valence-corrected chi connectivity index (χ2v) is 5.65. The maximum absolute atomic E-state index is 10.8. The monoisotopic (exact) mass is 370 g/mol. The van der Waals surface area contributed by atoms with E-state index >= 15 is 0 Å². The lowest BCUT2D eigenvalue weighted by Crippen LogP contribution is -2.01. The average molecular weight is 370 g/mol. The van der Waals surface area contributed by atoms with Crippen molar-refractivity contribution in [1.82, 2.24) is 0 Å². The largest absolute Gasteiger partial charge is 0.514 e. The van der Waals surface area contributed by atoms with Crippen LogP contribution in [0.4, 0.5) is 0 Å². The van der Waals surface area contributed by atoms with Crippen molar-refractivity contribution in [1.29, 1.82) is 0 Å². The molecular weight excluding hydrogens is 340 g/mol. The summed E-state index contributed by atoms with van der Waals surface area (Å²) in [7, 11) is 0. The summed E-state index contributed by atoms with van der Waals surface area (Å²) >= 11 is 0. The van der Waals surface area contributed by atoms with Crippen LogP contribution in [0.1, 0.15) is 25.3 Å². The molecule has 0 bridgehead atoms. The molecule has 0 saturated heterocycles. The second kappa shape index (κ2) is 16.5. The van der Waals surface area contributed by atoms with Crippen LogP contribution in [-0.4, -0.2) is 24.2 Å². The first kappa shape index (κ1) is 24.1. The highest BCUT2D eigenvalue weighted by Gasteiger charge is 2.04. The van der Waals surface area contributed by atoms with Gasteiger partial charge in [0, 0.05) is 18.7 Å². The molecule has 0 radical (unpaired) electrons. The minimum Gasteiger partial charge on any atom is -0.514 e. The van der Waals surface area contributed by atoms with Gasteiger partial charge in [0.2, 0.25) is 0 Å². The van der Waals surface area contributed by atoms with Crippen molar-refractivity contribution in [2.45, 2.75) is 26.2 Å². The fourth-order valence-corrected chi connectivity index (χ4v) is 2.21. The molecule has 5 heteroatoms. The van der Waals surface area contributed by atoms with Gasteiger partial charge in [0.25, 0.3) is 0 Å². The summed E-state index contributed by atoms with van der Waals surface area (Å²) in [6.07, 6.45) is 6.43. The van der Waals surface area contributed by atoms with E-state index in [1.54, 1.807) is 0 Å². The number of benzene rings is 2. The van der Waals surface area contributed by atoms with Crippen LogP contribution in [-0.2, 0) is 16.0 Å². The van der Waals surface area contributed by atoms with Crippen LogP contribution in [0.2, 0.25) is 0 Å². The molecule has 2 rings (SSSR count). The van der Waals surface area contributed by atoms with Gasteiger partial charge in [-0.15, -0.1) is 0 Å². The molecule has 0 aliphatic rings. The predicted octanol–water partition coefficient (Wildman–Crippen LogP) is 3.63. The molecule has 1 atom stereocenters. The van der Waals surface area contributed by atoms with Gasteiger partial charge >= 0.3 is 0 Å². The summed E-state index contributed by atoms with van der Waals surface area (Å²) in [6, 6.07) is 19.0. The number of nitrogens with two attached hydrogens (primary N) is 2. The standard InChI is InChI=1S/C18H20O.2C2H5NO/c1-2-15(14-19)8-9-16-10-12-18(13-11-16)17-6-4-3-5-7-17;2*3-1-2-4/h3-7,10-15H,2,8-9H2,1H3;2H,1,3H2;1-2,4H,3H2/b;;2-1+. The third-order valence-electron chi connectivity index (χ3n) is 3.76. The minimum absolute atomic E-state index is 0.139. The molecule has 0 heterocycles. The third kappa shape index (κ3) is 11.3. The van der Waals surface area contributed by atoms with Gasteiger partial charge in [-0.1, -0.05) is 61.5 Å². The average Bonchev–Trinajstić information content (AvgIpc) is 2.76. The van der Waals surface area contributed by atoms with Gasteiger partial charge in [-0.2, -0.15) is 0 Å². The smallest absolute Gasteiger partial charge is 0.133 e. The lowest BCUT2D eigenvalue weighted by molar-refractivity contribution is -0.111. The number of carbonyl (C=O) groups excluding carboxylic acids is 2. The van der Waals surface area contributed by atoms with Gasteiger partial charge in [0.1, 0.15) is 12.6 Å². The van der Waals surface area contributed by atoms with E-state index in [0.717, 1.165) is 38.0 Å². The van der Waals surface area contributed by atoms with E-state index in [-0.39, 0.29) is 12.5 Å². The molecule has 5 nitrogen and oxygen atoms in total. The summed E-state index contributed by atoms with van der Waals surface area (Å²) in [5.41, 5.74) is 13.0. The molecule has 0 spiro atoms. The van der Waals surface area contributed by atoms with Crippen molar-refractivity contribution in [2.24, 2.45) is 17.4 Å². The maximum atomic E-state index is 10.8. The van der Waals surface area contributed by atoms with Crippen LogP contribution < -0.4 is 11.5 Å². The van der Waals surface area contributed by atoms with E-state index < -0.39 is 0 Å². The fraction of sp³-hybridized carbons (Fsp3) is 0.273. The van der Waals surface area contributed by atoms with Crippen molar-refractivity contribution in [3.63, 3.8) is 0 Å². The summed E-state index contributed by atoms with van der Waals surface area (Å²) in [5, 5.41) is 7.57. The topological polar surface area (TPSA) is 106 Å². The summed E-state index contributed by atoms with van der Waals surface area (Å²) in [4.78, 5) is 19.8. The van der Waals surface area contributed by atoms with Crippen molar-refractivity contribution in [3.05, 3.63) is 72.6 Å². The molecule has 0 fully saturated rings. The Bertz CT molecular complexity index is 636. The Morgan fingerprint density at radius 2 is 1.52 bits per heavy atom. The fourth-order valence-electron chi connectivity index (χ4n) is 2.21. The Morgan fingerprint density at radius 1 is 1.00 bits per heavy atom. The van der Waals surface area contributed by atoms with Crippen LogP contribution in [0.15, 0.2) is 67.1 Å². The molecule has 0 aliphatic heterocycles. The van der Waals surface area contributed by atoms with E-state index in [4.69, 9.17) is 9.90 Å². The van der Waals surface area contributed by atoms with Gasteiger partial charge < -0.3 is 26.2 Å². The Hall–Kier alpha value is -2.92. The molecule has 27 heavy (non-hydrogen) atoms. The molecule has 0 aliphatic carbocycles. The highest BCUT2D eigenvalue weighted by atomic mass is 16.2. The van der Waals surface area contributed by atoms with Crippen molar-refractivity contribution in [3.8, 4) is 11.1 Å². The second-order valence-electron chi connectivity index (χ2n) is 5.65. The quantitative estimate of drug-likeness (QED) is 0.510. The lowest BCUT2D eigenvalue weighted by atomic mass is 9.97. The summed E-state index contributed by atoms with van der Waals surface area (Å²) in [5.74, 6) is 0.203. The van der Waals surface area contributed by atoms with Gasteiger partial charge in [-0.3, -0.25) is 0 Å². The van der Waals surface area contributed by atoms with E-state index in [0.29, 0.717) is 6.29 Å². The number of aryl methyl sites for hydroxylation is 1. The summed E-state index contributed by atoms with van der Waals surface area (Å²) in [6.45, 7) is 2.21. The predicted molar refractivity (Wildman–Crippen MR) is 111 cm³/mol. The Kier molecular flexibility index (Phi) is 14.8. The van der Waals surface area contributed by atoms with Crippen LogP contribution in [0.5, 0.6) is 0 Å². The molecule has 2 aromatic rings. The van der Waals surface area contributed by atoms with Gasteiger partial charge in [0.15, 0.2) is 0 Å². The van der Waals surface area contributed by atoms with E-state index in [2.05, 4.69) is 66.9 Å². The van der Waals surface area contributed by atoms with Crippen LogP contribution in [0.25, 0.3) is 11.1 Å². The van der Waals surface area contributed by atoms with E-state index in [9.17, 15) is 4.79 Å². The first-order valence-electron chi connectivity index (χ1n) is 8.91. The number of hydrogen-bond acceptors (Lipinski definition) is 5. The number of hydrogen-bond donors (Lipinski definition) is 3. The van der Waals surface area contributed by atoms with Crippen molar-refractivity contribution in [2.75, 3.05) is 6.54 Å². The zero-order valence-corrected chi connectivity index (χ0v) is 15.8. The van der Waals surface area contributed by atoms with E-state index in [1.807, 2.05) is 6.07 Å². The first-order valence-corrected chi connectivity index (χ1v) is 8.91. The number of carbonyl (C=O) groups is 2. The highest BCUT2D eigenvalue weighted by molar-refractivity contribution is 5.63. The van der Waals surface area contributed by atoms with Crippen LogP contribution in [0, 0.1) is 5.92 Å². The zero-order chi connectivity index (χ0) is 20.3. The minimum atomic E-state index is 0.139. The van der Waals surface area contributed by atoms with Crippen LogP contribution >= 0.6 is 0 Å². The molecule has 5 N–H and O–H groups in total. The number of aliphatic hydroxyl groups is 1. The maximum Gasteiger partial charge on any atom is 0.133 e.